The maximum absolute atomic E-state index is 12.9. The Morgan fingerprint density at radius 2 is 1.97 bits per heavy atom. The van der Waals surface area contributed by atoms with Gasteiger partial charge in [0.1, 0.15) is 5.75 Å². The van der Waals surface area contributed by atoms with E-state index in [2.05, 4.69) is 15.5 Å². The average molecular weight is 465 g/mol. The number of carbonyl (C=O) groups is 1. The van der Waals surface area contributed by atoms with Gasteiger partial charge in [0.2, 0.25) is 17.6 Å². The molecule has 1 unspecified atom stereocenters. The van der Waals surface area contributed by atoms with Gasteiger partial charge in [-0.05, 0) is 43.2 Å². The summed E-state index contributed by atoms with van der Waals surface area (Å²) in [6, 6.07) is 12.4. The number of nitrogens with one attached hydrogen (secondary N) is 1. The molecular formula is C22H22F3N3O3S. The Labute approximate surface area is 187 Å². The van der Waals surface area contributed by atoms with Crippen LogP contribution in [0.4, 0.5) is 13.2 Å². The van der Waals surface area contributed by atoms with Crippen LogP contribution in [0.2, 0.25) is 0 Å². The molecule has 0 spiro atoms. The third-order valence-electron chi connectivity index (χ3n) is 4.61. The summed E-state index contributed by atoms with van der Waals surface area (Å²) in [4.78, 5) is 16.4. The van der Waals surface area contributed by atoms with Crippen LogP contribution in [0.15, 0.2) is 53.1 Å². The molecule has 170 valence electrons. The van der Waals surface area contributed by atoms with Crippen molar-refractivity contribution in [1.82, 2.24) is 15.5 Å². The molecule has 0 bridgehead atoms. The maximum atomic E-state index is 12.9. The van der Waals surface area contributed by atoms with E-state index in [-0.39, 0.29) is 34.2 Å². The van der Waals surface area contributed by atoms with Gasteiger partial charge in [-0.2, -0.15) is 18.2 Å². The van der Waals surface area contributed by atoms with Gasteiger partial charge in [0.15, 0.2) is 0 Å². The highest BCUT2D eigenvalue weighted by molar-refractivity contribution is 7.99. The van der Waals surface area contributed by atoms with E-state index < -0.39 is 11.7 Å². The Balaban J connectivity index is 1.47. The molecule has 0 saturated heterocycles. The SMILES string of the molecule is COc1ccc(CCNC(=O)C(C)SCc2nc(-c3cccc(C(F)(F)F)c3)no2)cc1. The number of halogens is 3. The number of aromatic nitrogens is 2. The van der Waals surface area contributed by atoms with Crippen molar-refractivity contribution in [3.05, 3.63) is 65.5 Å². The van der Waals surface area contributed by atoms with Crippen molar-refractivity contribution in [2.75, 3.05) is 13.7 Å². The molecule has 32 heavy (non-hydrogen) atoms. The van der Waals surface area contributed by atoms with Gasteiger partial charge < -0.3 is 14.6 Å². The lowest BCUT2D eigenvalue weighted by Crippen LogP contribution is -2.32. The zero-order chi connectivity index (χ0) is 23.1. The summed E-state index contributed by atoms with van der Waals surface area (Å²) < 4.78 is 48.9. The average Bonchev–Trinajstić information content (AvgIpc) is 3.26. The van der Waals surface area contributed by atoms with Gasteiger partial charge in [-0.1, -0.05) is 29.4 Å². The fourth-order valence-corrected chi connectivity index (χ4v) is 3.55. The number of benzene rings is 2. The van der Waals surface area contributed by atoms with E-state index in [9.17, 15) is 18.0 Å². The van der Waals surface area contributed by atoms with Gasteiger partial charge in [-0.15, -0.1) is 11.8 Å². The molecule has 3 rings (SSSR count). The number of hydrogen-bond donors (Lipinski definition) is 1. The van der Waals surface area contributed by atoms with Crippen LogP contribution in [0, 0.1) is 0 Å². The minimum atomic E-state index is -4.45. The highest BCUT2D eigenvalue weighted by atomic mass is 32.2. The van der Waals surface area contributed by atoms with Crippen LogP contribution in [0.5, 0.6) is 5.75 Å². The largest absolute Gasteiger partial charge is 0.497 e. The first-order valence-electron chi connectivity index (χ1n) is 9.78. The summed E-state index contributed by atoms with van der Waals surface area (Å²) in [5.41, 5.74) is 0.513. The van der Waals surface area contributed by atoms with E-state index in [1.165, 1.54) is 23.9 Å². The minimum Gasteiger partial charge on any atom is -0.497 e. The molecule has 1 N–H and O–H groups in total. The Kier molecular flexibility index (Phi) is 7.79. The van der Waals surface area contributed by atoms with Gasteiger partial charge >= 0.3 is 6.18 Å². The number of alkyl halides is 3. The molecule has 0 aliphatic carbocycles. The lowest BCUT2D eigenvalue weighted by Gasteiger charge is -2.11. The topological polar surface area (TPSA) is 77.2 Å². The van der Waals surface area contributed by atoms with Crippen molar-refractivity contribution < 1.29 is 27.2 Å². The van der Waals surface area contributed by atoms with E-state index in [0.29, 0.717) is 13.0 Å². The lowest BCUT2D eigenvalue weighted by molar-refractivity contribution is -0.137. The smallest absolute Gasteiger partial charge is 0.416 e. The molecule has 0 fully saturated rings. The third kappa shape index (κ3) is 6.49. The number of methoxy groups -OCH3 is 1. The van der Waals surface area contributed by atoms with Crippen molar-refractivity contribution >= 4 is 17.7 Å². The first-order valence-corrected chi connectivity index (χ1v) is 10.8. The highest BCUT2D eigenvalue weighted by Crippen LogP contribution is 2.31. The quantitative estimate of drug-likeness (QED) is 0.492. The highest BCUT2D eigenvalue weighted by Gasteiger charge is 2.30. The number of ether oxygens (including phenoxy) is 1. The second-order valence-electron chi connectivity index (χ2n) is 6.93. The second-order valence-corrected chi connectivity index (χ2v) is 8.26. The Morgan fingerprint density at radius 1 is 1.22 bits per heavy atom. The van der Waals surface area contributed by atoms with Crippen LogP contribution in [0.25, 0.3) is 11.4 Å². The van der Waals surface area contributed by atoms with Gasteiger partial charge in [-0.3, -0.25) is 4.79 Å². The van der Waals surface area contributed by atoms with E-state index in [4.69, 9.17) is 9.26 Å². The fraction of sp³-hybridized carbons (Fsp3) is 0.318. The van der Waals surface area contributed by atoms with Crippen LogP contribution in [-0.4, -0.2) is 35.0 Å². The predicted octanol–water partition coefficient (Wildman–Crippen LogP) is 4.74. The fourth-order valence-electron chi connectivity index (χ4n) is 2.80. The predicted molar refractivity (Wildman–Crippen MR) is 115 cm³/mol. The molecule has 0 aliphatic rings. The van der Waals surface area contributed by atoms with Crippen molar-refractivity contribution in [3.8, 4) is 17.1 Å². The van der Waals surface area contributed by atoms with E-state index >= 15 is 0 Å². The van der Waals surface area contributed by atoms with Crippen molar-refractivity contribution in [2.45, 2.75) is 30.5 Å². The van der Waals surface area contributed by atoms with E-state index in [1.54, 1.807) is 14.0 Å². The van der Waals surface area contributed by atoms with Crippen LogP contribution in [0.3, 0.4) is 0 Å². The molecule has 1 atom stereocenters. The Hall–Kier alpha value is -3.01. The molecule has 1 amide bonds. The first kappa shape index (κ1) is 23.6. The molecule has 0 aliphatic heterocycles. The maximum Gasteiger partial charge on any atom is 0.416 e. The van der Waals surface area contributed by atoms with Crippen LogP contribution >= 0.6 is 11.8 Å². The number of amides is 1. The van der Waals surface area contributed by atoms with Crippen molar-refractivity contribution in [2.24, 2.45) is 0 Å². The third-order valence-corrected chi connectivity index (χ3v) is 5.74. The number of carbonyl (C=O) groups excluding carboxylic acids is 1. The standard InChI is InChI=1S/C22H22F3N3O3S/c1-14(21(29)26-11-10-15-6-8-18(30-2)9-7-15)32-13-19-27-20(28-31-19)16-4-3-5-17(12-16)22(23,24)25/h3-9,12,14H,10-11,13H2,1-2H3,(H,26,29). The van der Waals surface area contributed by atoms with E-state index in [0.717, 1.165) is 23.4 Å². The molecule has 3 aromatic rings. The number of rotatable bonds is 9. The first-order chi connectivity index (χ1) is 15.3. The van der Waals surface area contributed by atoms with Crippen LogP contribution in [-0.2, 0) is 23.1 Å². The zero-order valence-corrected chi connectivity index (χ0v) is 18.3. The molecule has 6 nitrogen and oxygen atoms in total. The Morgan fingerprint density at radius 3 is 2.66 bits per heavy atom. The molecule has 0 radical (unpaired) electrons. The normalized spacial score (nSPS) is 12.4. The van der Waals surface area contributed by atoms with Gasteiger partial charge in [0, 0.05) is 12.1 Å². The van der Waals surface area contributed by atoms with Crippen LogP contribution < -0.4 is 10.1 Å². The molecule has 0 saturated carbocycles. The Bertz CT molecular complexity index is 1040. The zero-order valence-electron chi connectivity index (χ0n) is 17.5. The van der Waals surface area contributed by atoms with Gasteiger partial charge in [-0.25, -0.2) is 0 Å². The second kappa shape index (κ2) is 10.5. The molecule has 2 aromatic carbocycles. The number of nitrogens with zero attached hydrogens (tertiary/aromatic N) is 2. The summed E-state index contributed by atoms with van der Waals surface area (Å²) in [5.74, 6) is 1.23. The number of hydrogen-bond acceptors (Lipinski definition) is 6. The van der Waals surface area contributed by atoms with E-state index in [1.807, 2.05) is 24.3 Å². The molecule has 1 aromatic heterocycles. The van der Waals surface area contributed by atoms with Gasteiger partial charge in [0.25, 0.3) is 0 Å². The minimum absolute atomic E-state index is 0.0725. The molecule has 1 heterocycles. The van der Waals surface area contributed by atoms with Gasteiger partial charge in [0.05, 0.1) is 23.7 Å². The summed E-state index contributed by atoms with van der Waals surface area (Å²) >= 11 is 1.30. The monoisotopic (exact) mass is 465 g/mol. The van der Waals surface area contributed by atoms with Crippen molar-refractivity contribution in [3.63, 3.8) is 0 Å². The number of thioether (sulfide) groups is 1. The van der Waals surface area contributed by atoms with Crippen molar-refractivity contribution in [1.29, 1.82) is 0 Å². The molecule has 10 heteroatoms. The summed E-state index contributed by atoms with van der Waals surface area (Å²) in [7, 11) is 1.61. The summed E-state index contributed by atoms with van der Waals surface area (Å²) in [6.45, 7) is 2.26. The molecular weight excluding hydrogens is 443 g/mol. The summed E-state index contributed by atoms with van der Waals surface area (Å²) in [5, 5.41) is 6.27. The van der Waals surface area contributed by atoms with Crippen LogP contribution in [0.1, 0.15) is 23.9 Å². The lowest BCUT2D eigenvalue weighted by atomic mass is 10.1. The summed E-state index contributed by atoms with van der Waals surface area (Å²) in [6.07, 6.45) is -3.76.